The Labute approximate surface area is 170 Å². The zero-order valence-electron chi connectivity index (χ0n) is 17.4. The second-order valence-corrected chi connectivity index (χ2v) is 9.15. The Kier molecular flexibility index (Phi) is 4.01. The number of Topliss-reactive ketones (excluding diaryl/α,β-unsaturated/α-hetero) is 1. The third-order valence-electron chi connectivity index (χ3n) is 6.32. The first kappa shape index (κ1) is 19.6. The average Bonchev–Trinajstić information content (AvgIpc) is 2.60. The van der Waals surface area contributed by atoms with Crippen LogP contribution >= 0.6 is 0 Å². The molecule has 4 rings (SSSR count). The van der Waals surface area contributed by atoms with Crippen LogP contribution in [0, 0.1) is 12.3 Å². The van der Waals surface area contributed by atoms with E-state index in [9.17, 15) is 19.8 Å². The van der Waals surface area contributed by atoms with Gasteiger partial charge in [-0.15, -0.1) is 0 Å². The van der Waals surface area contributed by atoms with E-state index in [1.54, 1.807) is 52.0 Å². The molecule has 1 aromatic rings. The molecule has 0 saturated carbocycles. The second-order valence-electron chi connectivity index (χ2n) is 9.15. The number of ether oxygens (including phenoxy) is 1. The highest BCUT2D eigenvalue weighted by molar-refractivity contribution is 6.18. The molecule has 2 N–H and O–H groups in total. The van der Waals surface area contributed by atoms with Crippen molar-refractivity contribution in [3.8, 4) is 11.5 Å². The summed E-state index contributed by atoms with van der Waals surface area (Å²) in [5.41, 5.74) is -1.28. The number of phenols is 1. The van der Waals surface area contributed by atoms with E-state index >= 15 is 0 Å². The van der Waals surface area contributed by atoms with Gasteiger partial charge in [0.1, 0.15) is 16.9 Å². The average molecular weight is 394 g/mol. The summed E-state index contributed by atoms with van der Waals surface area (Å²) in [5.74, 6) is -0.316. The van der Waals surface area contributed by atoms with Gasteiger partial charge in [-0.25, -0.2) is 0 Å². The number of hydrogen-bond acceptors (Lipinski definition) is 5. The van der Waals surface area contributed by atoms with Crippen molar-refractivity contribution in [2.45, 2.75) is 58.2 Å². The number of carbonyl (C=O) groups is 2. The topological polar surface area (TPSA) is 83.8 Å². The molecular formula is C24H26O5. The quantitative estimate of drug-likeness (QED) is 0.748. The van der Waals surface area contributed by atoms with E-state index in [1.807, 2.05) is 13.0 Å². The monoisotopic (exact) mass is 394 g/mol. The molecule has 0 radical (unpaired) electrons. The summed E-state index contributed by atoms with van der Waals surface area (Å²) in [6.45, 7) is 8.57. The predicted octanol–water partition coefficient (Wildman–Crippen LogP) is 3.68. The molecule has 0 saturated heterocycles. The van der Waals surface area contributed by atoms with Crippen LogP contribution in [0.1, 0.15) is 51.2 Å². The first-order chi connectivity index (χ1) is 13.4. The van der Waals surface area contributed by atoms with Gasteiger partial charge in [-0.05, 0) is 64.0 Å². The van der Waals surface area contributed by atoms with E-state index in [4.69, 9.17) is 4.74 Å². The van der Waals surface area contributed by atoms with Gasteiger partial charge >= 0.3 is 0 Å². The third-order valence-corrected chi connectivity index (χ3v) is 6.32. The molecule has 5 nitrogen and oxygen atoms in total. The number of rotatable bonds is 2. The predicted molar refractivity (Wildman–Crippen MR) is 109 cm³/mol. The Hall–Kier alpha value is -2.66. The molecule has 2 bridgehead atoms. The lowest BCUT2D eigenvalue weighted by molar-refractivity contribution is -0.157. The van der Waals surface area contributed by atoms with Gasteiger partial charge in [0, 0.05) is 17.9 Å². The molecular weight excluding hydrogens is 368 g/mol. The fraction of sp³-hybridized carbons (Fsp3) is 0.417. The van der Waals surface area contributed by atoms with Crippen LogP contribution in [0.2, 0.25) is 0 Å². The maximum Gasteiger partial charge on any atom is 0.203 e. The molecule has 2 aliphatic carbocycles. The van der Waals surface area contributed by atoms with E-state index < -0.39 is 22.5 Å². The molecule has 0 fully saturated rings. The molecule has 152 valence electrons. The highest BCUT2D eigenvalue weighted by atomic mass is 16.5. The number of ketones is 2. The SMILES string of the molecule is CC1=C[C@H]2c3cc(O)c(C)cc3O[C@@]3(C1)C(=O)C(C)=CC(=O)[C@@]23/C=C/C(C)(C)O. The molecule has 3 aliphatic rings. The number of aryl methyl sites for hydroxylation is 1. The standard InChI is InChI=1S/C24H26O5/c1-13-8-17-16-11-18(25)14(2)9-19(16)29-24(12-13)21(27)15(3)10-20(26)23(17,24)7-6-22(4,5)28/h6-11,17,25,28H,12H2,1-5H3/b7-6+/t17-,23+,24-/m0/s1. The van der Waals surface area contributed by atoms with Crippen LogP contribution in [0.15, 0.2) is 47.6 Å². The largest absolute Gasteiger partial charge is 0.508 e. The Balaban J connectivity index is 2.11. The van der Waals surface area contributed by atoms with Crippen LogP contribution in [0.3, 0.4) is 0 Å². The van der Waals surface area contributed by atoms with Crippen molar-refractivity contribution < 1.29 is 24.5 Å². The molecule has 29 heavy (non-hydrogen) atoms. The minimum absolute atomic E-state index is 0.111. The van der Waals surface area contributed by atoms with Gasteiger partial charge in [0.25, 0.3) is 0 Å². The van der Waals surface area contributed by atoms with Gasteiger partial charge in [-0.1, -0.05) is 23.8 Å². The van der Waals surface area contributed by atoms with Crippen molar-refractivity contribution in [3.05, 3.63) is 58.7 Å². The molecule has 1 aromatic carbocycles. The molecule has 5 heteroatoms. The summed E-state index contributed by atoms with van der Waals surface area (Å²) in [6, 6.07) is 3.35. The Bertz CT molecular complexity index is 1040. The molecule has 0 amide bonds. The smallest absolute Gasteiger partial charge is 0.203 e. The van der Waals surface area contributed by atoms with E-state index in [-0.39, 0.29) is 23.7 Å². The summed E-state index contributed by atoms with van der Waals surface area (Å²) in [7, 11) is 0. The van der Waals surface area contributed by atoms with Crippen molar-refractivity contribution >= 4 is 11.6 Å². The number of aromatic hydroxyl groups is 1. The van der Waals surface area contributed by atoms with E-state index in [2.05, 4.69) is 0 Å². The zero-order valence-corrected chi connectivity index (χ0v) is 17.4. The zero-order chi connectivity index (χ0) is 21.4. The van der Waals surface area contributed by atoms with Crippen molar-refractivity contribution in [2.24, 2.45) is 5.41 Å². The number of allylic oxidation sites excluding steroid dienone is 2. The van der Waals surface area contributed by atoms with Crippen LogP contribution < -0.4 is 4.74 Å². The summed E-state index contributed by atoms with van der Waals surface area (Å²) in [4.78, 5) is 27.1. The highest BCUT2D eigenvalue weighted by Gasteiger charge is 2.70. The number of hydrogen-bond donors (Lipinski definition) is 2. The summed E-state index contributed by atoms with van der Waals surface area (Å²) in [5, 5.41) is 20.7. The van der Waals surface area contributed by atoms with Crippen molar-refractivity contribution in [3.63, 3.8) is 0 Å². The number of aliphatic hydroxyl groups is 1. The van der Waals surface area contributed by atoms with Gasteiger partial charge in [0.05, 0.1) is 5.60 Å². The maximum absolute atomic E-state index is 13.6. The van der Waals surface area contributed by atoms with Crippen LogP contribution in [0.25, 0.3) is 0 Å². The minimum Gasteiger partial charge on any atom is -0.508 e. The second kappa shape index (κ2) is 5.92. The third kappa shape index (κ3) is 2.57. The summed E-state index contributed by atoms with van der Waals surface area (Å²) in [6.07, 6.45) is 6.88. The number of fused-ring (bicyclic) bond motifs is 2. The van der Waals surface area contributed by atoms with Gasteiger partial charge in [0.2, 0.25) is 5.78 Å². The first-order valence-corrected chi connectivity index (χ1v) is 9.81. The first-order valence-electron chi connectivity index (χ1n) is 9.81. The van der Waals surface area contributed by atoms with Crippen LogP contribution in [-0.4, -0.2) is 33.0 Å². The number of carbonyl (C=O) groups excluding carboxylic acids is 2. The van der Waals surface area contributed by atoms with Crippen LogP contribution in [-0.2, 0) is 9.59 Å². The normalized spacial score (nSPS) is 31.0. The Morgan fingerprint density at radius 1 is 1.21 bits per heavy atom. The molecule has 0 spiro atoms. The highest BCUT2D eigenvalue weighted by Crippen LogP contribution is 2.63. The van der Waals surface area contributed by atoms with Gasteiger partial charge in [-0.3, -0.25) is 9.59 Å². The molecule has 1 aliphatic heterocycles. The summed E-state index contributed by atoms with van der Waals surface area (Å²) >= 11 is 0. The Morgan fingerprint density at radius 2 is 1.90 bits per heavy atom. The Morgan fingerprint density at radius 3 is 2.55 bits per heavy atom. The van der Waals surface area contributed by atoms with E-state index in [0.29, 0.717) is 22.4 Å². The fourth-order valence-electron chi connectivity index (χ4n) is 4.95. The van der Waals surface area contributed by atoms with Crippen LogP contribution in [0.5, 0.6) is 11.5 Å². The van der Waals surface area contributed by atoms with Crippen molar-refractivity contribution in [1.29, 1.82) is 0 Å². The van der Waals surface area contributed by atoms with Crippen LogP contribution in [0.4, 0.5) is 0 Å². The fourth-order valence-corrected chi connectivity index (χ4v) is 4.95. The molecule has 0 unspecified atom stereocenters. The van der Waals surface area contributed by atoms with Gasteiger partial charge in [0.15, 0.2) is 11.4 Å². The van der Waals surface area contributed by atoms with Gasteiger partial charge in [-0.2, -0.15) is 0 Å². The molecule has 1 heterocycles. The molecule has 0 aromatic heterocycles. The molecule has 3 atom stereocenters. The lowest BCUT2D eigenvalue weighted by Gasteiger charge is -2.57. The maximum atomic E-state index is 13.6. The lowest BCUT2D eigenvalue weighted by atomic mass is 9.49. The van der Waals surface area contributed by atoms with E-state index in [1.165, 1.54) is 6.08 Å². The lowest BCUT2D eigenvalue weighted by Crippen LogP contribution is -2.68. The number of benzene rings is 1. The van der Waals surface area contributed by atoms with E-state index in [0.717, 1.165) is 5.57 Å². The minimum atomic E-state index is -1.41. The van der Waals surface area contributed by atoms with Crippen molar-refractivity contribution in [2.75, 3.05) is 0 Å². The van der Waals surface area contributed by atoms with Gasteiger partial charge < -0.3 is 14.9 Å². The summed E-state index contributed by atoms with van der Waals surface area (Å²) < 4.78 is 6.43. The van der Waals surface area contributed by atoms with Crippen molar-refractivity contribution in [1.82, 2.24) is 0 Å². The number of phenolic OH excluding ortho intramolecular Hbond substituents is 1.